The average Bonchev–Trinajstić information content (AvgIpc) is 1.98. The number of carboxylic acid groups (broad SMARTS) is 1. The molecule has 1 N–H and O–H groups in total. The van der Waals surface area contributed by atoms with Crippen LogP contribution >= 0.6 is 12.6 Å². The number of nitrogens with zero attached hydrogens (tertiary/aromatic N) is 1. The molecule has 0 fully saturated rings. The third-order valence-electron chi connectivity index (χ3n) is 1.77. The number of carbonyl (C=O) groups is 2. The molecule has 0 aromatic carbocycles. The molecule has 5 nitrogen and oxygen atoms in total. The Balaban J connectivity index is 4.31. The molecule has 0 aliphatic rings. The maximum absolute atomic E-state index is 11.2. The highest BCUT2D eigenvalue weighted by Crippen LogP contribution is 2.06. The van der Waals surface area contributed by atoms with E-state index in [1.807, 2.05) is 21.1 Å². The minimum atomic E-state index is -0.961. The Bertz CT molecular complexity index is 250. The van der Waals surface area contributed by atoms with Gasteiger partial charge in [-0.1, -0.05) is 0 Å². The fourth-order valence-corrected chi connectivity index (χ4v) is 1.47. The van der Waals surface area contributed by atoms with Crippen LogP contribution in [0.25, 0.3) is 0 Å². The number of aliphatic carboxylic acids is 1. The van der Waals surface area contributed by atoms with Gasteiger partial charge in [-0.2, -0.15) is 12.6 Å². The first-order valence-corrected chi connectivity index (χ1v) is 5.70. The summed E-state index contributed by atoms with van der Waals surface area (Å²) in [7, 11) is 5.75. The first kappa shape index (κ1) is 15.2. The second kappa shape index (κ2) is 6.75. The number of hydrogen-bond acceptors (Lipinski definition) is 4. The highest BCUT2D eigenvalue weighted by Gasteiger charge is 2.24. The average molecular weight is 250 g/mol. The predicted octanol–water partition coefficient (Wildman–Crippen LogP) is 0.399. The van der Waals surface area contributed by atoms with Gasteiger partial charge in [0.1, 0.15) is 6.54 Å². The second-order valence-corrected chi connectivity index (χ2v) is 5.10. The van der Waals surface area contributed by atoms with Crippen LogP contribution in [0.3, 0.4) is 0 Å². The lowest BCUT2D eigenvalue weighted by atomic mass is 10.2. The third kappa shape index (κ3) is 8.55. The van der Waals surface area contributed by atoms with Gasteiger partial charge in [0.05, 0.1) is 34.0 Å². The summed E-state index contributed by atoms with van der Waals surface area (Å²) in [5.74, 6) is -0.949. The predicted molar refractivity (Wildman–Crippen MR) is 63.5 cm³/mol. The van der Waals surface area contributed by atoms with Crippen molar-refractivity contribution in [2.24, 2.45) is 0 Å². The molecule has 0 bridgehead atoms. The summed E-state index contributed by atoms with van der Waals surface area (Å²) >= 11 is 3.92. The molecule has 16 heavy (non-hydrogen) atoms. The molecule has 0 aromatic rings. The third-order valence-corrected chi connectivity index (χ3v) is 1.99. The number of carboxylic acids is 1. The van der Waals surface area contributed by atoms with E-state index in [0.29, 0.717) is 16.8 Å². The Labute approximate surface area is 101 Å². The fraction of sp³-hybridized carbons (Fsp3) is 0.800. The van der Waals surface area contributed by atoms with Crippen LogP contribution in [0, 0.1) is 0 Å². The van der Waals surface area contributed by atoms with Crippen molar-refractivity contribution in [1.29, 1.82) is 0 Å². The summed E-state index contributed by atoms with van der Waals surface area (Å²) in [5.41, 5.74) is 0. The quantitative estimate of drug-likeness (QED) is 0.390. The van der Waals surface area contributed by atoms with E-state index >= 15 is 0 Å². The minimum absolute atomic E-state index is 0.159. The van der Waals surface area contributed by atoms with Gasteiger partial charge in [-0.15, -0.1) is 0 Å². The number of rotatable bonds is 7. The fourth-order valence-electron chi connectivity index (χ4n) is 1.29. The van der Waals surface area contributed by atoms with Crippen LogP contribution in [0.15, 0.2) is 0 Å². The Kier molecular flexibility index (Phi) is 6.43. The topological polar surface area (TPSA) is 63.6 Å². The summed E-state index contributed by atoms with van der Waals surface area (Å²) in [5, 5.41) is 8.71. The van der Waals surface area contributed by atoms with E-state index < -0.39 is 18.0 Å². The Hall–Kier alpha value is -0.750. The minimum Gasteiger partial charge on any atom is -0.481 e. The van der Waals surface area contributed by atoms with Gasteiger partial charge < -0.3 is 14.3 Å². The molecule has 0 radical (unpaired) electrons. The van der Waals surface area contributed by atoms with Crippen molar-refractivity contribution in [1.82, 2.24) is 0 Å². The van der Waals surface area contributed by atoms with E-state index in [9.17, 15) is 9.59 Å². The molecule has 0 aliphatic heterocycles. The van der Waals surface area contributed by atoms with Gasteiger partial charge in [0.15, 0.2) is 6.10 Å². The lowest BCUT2D eigenvalue weighted by molar-refractivity contribution is -0.873. The van der Waals surface area contributed by atoms with Crippen LogP contribution in [0.5, 0.6) is 0 Å². The molecule has 0 unspecified atom stereocenters. The zero-order valence-corrected chi connectivity index (χ0v) is 10.9. The van der Waals surface area contributed by atoms with Gasteiger partial charge in [-0.3, -0.25) is 9.59 Å². The smallest absolute Gasteiger partial charge is 0.307 e. The Morgan fingerprint density at radius 2 is 1.94 bits per heavy atom. The van der Waals surface area contributed by atoms with Gasteiger partial charge in [0.2, 0.25) is 0 Å². The van der Waals surface area contributed by atoms with Gasteiger partial charge >= 0.3 is 11.9 Å². The number of hydrogen-bond donors (Lipinski definition) is 2. The maximum atomic E-state index is 11.2. The van der Waals surface area contributed by atoms with E-state index in [1.165, 1.54) is 0 Å². The van der Waals surface area contributed by atoms with Crippen molar-refractivity contribution in [2.45, 2.75) is 18.9 Å². The van der Waals surface area contributed by atoms with E-state index in [0.717, 1.165) is 0 Å². The molecule has 0 rings (SSSR count). The largest absolute Gasteiger partial charge is 0.481 e. The molecule has 0 heterocycles. The summed E-state index contributed by atoms with van der Waals surface area (Å²) in [4.78, 5) is 21.9. The lowest BCUT2D eigenvalue weighted by Crippen LogP contribution is -2.43. The first-order chi connectivity index (χ1) is 7.24. The van der Waals surface area contributed by atoms with Crippen LogP contribution in [0.4, 0.5) is 0 Å². The number of esters is 1. The van der Waals surface area contributed by atoms with Gasteiger partial charge in [-0.05, 0) is 0 Å². The molecule has 94 valence electrons. The van der Waals surface area contributed by atoms with Crippen LogP contribution in [0.1, 0.15) is 12.8 Å². The monoisotopic (exact) mass is 250 g/mol. The highest BCUT2D eigenvalue weighted by molar-refractivity contribution is 7.80. The molecular formula is C10H20NO4S+. The van der Waals surface area contributed by atoms with Crippen molar-refractivity contribution in [3.63, 3.8) is 0 Å². The molecule has 0 amide bonds. The van der Waals surface area contributed by atoms with E-state index in [2.05, 4.69) is 12.6 Å². The van der Waals surface area contributed by atoms with Crippen LogP contribution in [0.2, 0.25) is 0 Å². The van der Waals surface area contributed by atoms with Crippen LogP contribution in [-0.2, 0) is 14.3 Å². The molecule has 0 spiro atoms. The maximum Gasteiger partial charge on any atom is 0.307 e. The van der Waals surface area contributed by atoms with Gasteiger partial charge in [0.25, 0.3) is 0 Å². The van der Waals surface area contributed by atoms with Crippen molar-refractivity contribution >= 4 is 24.6 Å². The lowest BCUT2D eigenvalue weighted by Gasteiger charge is -2.28. The summed E-state index contributed by atoms with van der Waals surface area (Å²) in [6.45, 7) is 0.477. The molecule has 6 heteroatoms. The number of carbonyl (C=O) groups excluding carboxylic acids is 1. The van der Waals surface area contributed by atoms with Crippen LogP contribution < -0.4 is 0 Å². The number of likely N-dealkylation sites (N-methyl/N-ethyl adjacent to an activating group) is 1. The van der Waals surface area contributed by atoms with Crippen molar-refractivity contribution in [3.8, 4) is 0 Å². The Morgan fingerprint density at radius 3 is 2.31 bits per heavy atom. The van der Waals surface area contributed by atoms with Crippen molar-refractivity contribution < 1.29 is 23.9 Å². The number of ether oxygens (including phenoxy) is 1. The zero-order valence-electron chi connectivity index (χ0n) is 9.97. The summed E-state index contributed by atoms with van der Waals surface area (Å²) < 4.78 is 5.64. The van der Waals surface area contributed by atoms with E-state index in [1.54, 1.807) is 0 Å². The normalized spacial score (nSPS) is 13.2. The van der Waals surface area contributed by atoms with Crippen LogP contribution in [-0.4, -0.2) is 61.1 Å². The summed E-state index contributed by atoms with van der Waals surface area (Å²) in [6, 6.07) is 0. The Morgan fingerprint density at radius 1 is 1.38 bits per heavy atom. The number of quaternary nitrogens is 1. The molecular weight excluding hydrogens is 230 g/mol. The molecule has 0 saturated carbocycles. The van der Waals surface area contributed by atoms with Crippen molar-refractivity contribution in [2.75, 3.05) is 33.4 Å². The molecule has 0 saturated heterocycles. The standard InChI is InChI=1S/C10H19NO4S/c1-11(2,3)7-8(6-9(12)13)15-10(14)4-5-16/h8H,4-7H2,1-3H3,(H-,12,13,16)/p+1/t8-/m1/s1. The summed E-state index contributed by atoms with van der Waals surface area (Å²) in [6.07, 6.45) is -0.533. The first-order valence-electron chi connectivity index (χ1n) is 5.07. The van der Waals surface area contributed by atoms with E-state index in [4.69, 9.17) is 9.84 Å². The van der Waals surface area contributed by atoms with Gasteiger partial charge in [0, 0.05) is 5.75 Å². The SMILES string of the molecule is C[N+](C)(C)C[C@@H](CC(=O)O)OC(=O)CCS. The number of thiol groups is 1. The highest BCUT2D eigenvalue weighted by atomic mass is 32.1. The van der Waals surface area contributed by atoms with E-state index in [-0.39, 0.29) is 12.8 Å². The molecule has 0 aliphatic carbocycles. The molecule has 1 atom stereocenters. The van der Waals surface area contributed by atoms with Crippen molar-refractivity contribution in [3.05, 3.63) is 0 Å². The second-order valence-electron chi connectivity index (χ2n) is 4.66. The zero-order chi connectivity index (χ0) is 12.8. The van der Waals surface area contributed by atoms with Gasteiger partial charge in [-0.25, -0.2) is 0 Å². The molecule has 0 aromatic heterocycles.